The van der Waals surface area contributed by atoms with Crippen molar-refractivity contribution < 1.29 is 13.9 Å². The van der Waals surface area contributed by atoms with E-state index in [1.807, 2.05) is 6.92 Å². The molecule has 3 aromatic rings. The number of ether oxygens (including phenoxy) is 1. The van der Waals surface area contributed by atoms with Gasteiger partial charge in [0.05, 0.1) is 5.56 Å². The number of halogens is 1. The van der Waals surface area contributed by atoms with Crippen LogP contribution in [0.5, 0.6) is 5.75 Å². The van der Waals surface area contributed by atoms with Crippen molar-refractivity contribution >= 4 is 11.6 Å². The molecule has 1 N–H and O–H groups in total. The van der Waals surface area contributed by atoms with E-state index in [0.29, 0.717) is 23.6 Å². The quantitative estimate of drug-likeness (QED) is 0.753. The average molecular weight is 336 g/mol. The summed E-state index contributed by atoms with van der Waals surface area (Å²) in [5, 5.41) is 2.82. The Hall–Kier alpha value is -3.21. The smallest absolute Gasteiger partial charge is 0.257 e. The Morgan fingerprint density at radius 3 is 2.64 bits per heavy atom. The van der Waals surface area contributed by atoms with E-state index < -0.39 is 0 Å². The van der Waals surface area contributed by atoms with Crippen LogP contribution < -0.4 is 10.1 Å². The van der Waals surface area contributed by atoms with Gasteiger partial charge in [-0.1, -0.05) is 18.2 Å². The fraction of sp³-hybridized carbons (Fsp3) is 0.100. The maximum absolute atomic E-state index is 12.9. The summed E-state index contributed by atoms with van der Waals surface area (Å²) in [5.41, 5.74) is 2.83. The van der Waals surface area contributed by atoms with Gasteiger partial charge in [0.2, 0.25) is 0 Å². The molecule has 1 heterocycles. The van der Waals surface area contributed by atoms with E-state index in [-0.39, 0.29) is 11.7 Å². The van der Waals surface area contributed by atoms with Gasteiger partial charge >= 0.3 is 0 Å². The SMILES string of the molecule is Cc1ccc(C(=O)Nc2cccc(OCc3ccc(F)cc3)c2)cn1. The summed E-state index contributed by atoms with van der Waals surface area (Å²) in [6, 6.07) is 16.8. The summed E-state index contributed by atoms with van der Waals surface area (Å²) in [5.74, 6) is 0.103. The van der Waals surface area contributed by atoms with Gasteiger partial charge in [-0.25, -0.2) is 4.39 Å². The van der Waals surface area contributed by atoms with Crippen molar-refractivity contribution in [3.63, 3.8) is 0 Å². The van der Waals surface area contributed by atoms with Gasteiger partial charge in [-0.15, -0.1) is 0 Å². The lowest BCUT2D eigenvalue weighted by Crippen LogP contribution is -2.12. The number of hydrogen-bond acceptors (Lipinski definition) is 3. The highest BCUT2D eigenvalue weighted by molar-refractivity contribution is 6.04. The Balaban J connectivity index is 1.63. The van der Waals surface area contributed by atoms with E-state index in [0.717, 1.165) is 11.3 Å². The Bertz CT molecular complexity index is 862. The number of nitrogens with zero attached hydrogens (tertiary/aromatic N) is 1. The Morgan fingerprint density at radius 1 is 1.12 bits per heavy atom. The summed E-state index contributed by atoms with van der Waals surface area (Å²) < 4.78 is 18.6. The van der Waals surface area contributed by atoms with Gasteiger partial charge in [0.25, 0.3) is 5.91 Å². The van der Waals surface area contributed by atoms with Crippen LogP contribution in [-0.4, -0.2) is 10.9 Å². The second kappa shape index (κ2) is 7.57. The van der Waals surface area contributed by atoms with Crippen LogP contribution in [0.15, 0.2) is 66.9 Å². The van der Waals surface area contributed by atoms with E-state index >= 15 is 0 Å². The predicted octanol–water partition coefficient (Wildman–Crippen LogP) is 4.36. The van der Waals surface area contributed by atoms with Gasteiger partial charge in [-0.05, 0) is 48.9 Å². The van der Waals surface area contributed by atoms with Crippen LogP contribution >= 0.6 is 0 Å². The minimum absolute atomic E-state index is 0.233. The normalized spacial score (nSPS) is 10.3. The third-order valence-electron chi connectivity index (χ3n) is 3.58. The number of carbonyl (C=O) groups excluding carboxylic acids is 1. The first-order valence-corrected chi connectivity index (χ1v) is 7.81. The molecule has 2 aromatic carbocycles. The number of hydrogen-bond donors (Lipinski definition) is 1. The molecule has 1 amide bonds. The Labute approximate surface area is 145 Å². The zero-order valence-corrected chi connectivity index (χ0v) is 13.7. The van der Waals surface area contributed by atoms with Crippen molar-refractivity contribution in [3.8, 4) is 5.75 Å². The third kappa shape index (κ3) is 4.64. The monoisotopic (exact) mass is 336 g/mol. The summed E-state index contributed by atoms with van der Waals surface area (Å²) in [6.07, 6.45) is 1.54. The molecule has 0 radical (unpaired) electrons. The molecule has 0 unspecified atom stereocenters. The molecule has 0 fully saturated rings. The standard InChI is InChI=1S/C20H17FN2O2/c1-14-5-8-16(12-22-14)20(24)23-18-3-2-4-19(11-18)25-13-15-6-9-17(21)10-7-15/h2-12H,13H2,1H3,(H,23,24). The number of benzene rings is 2. The highest BCUT2D eigenvalue weighted by atomic mass is 19.1. The van der Waals surface area contributed by atoms with Crippen LogP contribution in [0.1, 0.15) is 21.6 Å². The predicted molar refractivity (Wildman–Crippen MR) is 94.1 cm³/mol. The van der Waals surface area contributed by atoms with Crippen molar-refractivity contribution in [1.29, 1.82) is 0 Å². The lowest BCUT2D eigenvalue weighted by molar-refractivity contribution is 0.102. The average Bonchev–Trinajstić information content (AvgIpc) is 2.62. The van der Waals surface area contributed by atoms with Gasteiger partial charge in [-0.2, -0.15) is 0 Å². The first-order valence-electron chi connectivity index (χ1n) is 7.81. The molecule has 0 saturated heterocycles. The topological polar surface area (TPSA) is 51.2 Å². The van der Waals surface area contributed by atoms with Crippen LogP contribution in [0, 0.1) is 12.7 Å². The van der Waals surface area contributed by atoms with E-state index in [1.54, 1.807) is 54.7 Å². The number of rotatable bonds is 5. The zero-order valence-electron chi connectivity index (χ0n) is 13.7. The molecule has 126 valence electrons. The van der Waals surface area contributed by atoms with Crippen LogP contribution in [0.2, 0.25) is 0 Å². The second-order valence-electron chi connectivity index (χ2n) is 5.59. The second-order valence-corrected chi connectivity index (χ2v) is 5.59. The molecule has 0 aliphatic carbocycles. The number of anilines is 1. The van der Waals surface area contributed by atoms with Gasteiger partial charge in [-0.3, -0.25) is 9.78 Å². The molecule has 0 bridgehead atoms. The fourth-order valence-electron chi connectivity index (χ4n) is 2.22. The lowest BCUT2D eigenvalue weighted by Gasteiger charge is -2.09. The number of nitrogens with one attached hydrogen (secondary N) is 1. The number of aryl methyl sites for hydroxylation is 1. The van der Waals surface area contributed by atoms with E-state index in [4.69, 9.17) is 4.74 Å². The lowest BCUT2D eigenvalue weighted by atomic mass is 10.2. The van der Waals surface area contributed by atoms with Gasteiger partial charge < -0.3 is 10.1 Å². The molecule has 1 aromatic heterocycles. The highest BCUT2D eigenvalue weighted by Gasteiger charge is 2.07. The molecule has 0 saturated carbocycles. The molecule has 0 aliphatic rings. The van der Waals surface area contributed by atoms with Crippen molar-refractivity contribution in [2.75, 3.05) is 5.32 Å². The number of amides is 1. The zero-order chi connectivity index (χ0) is 17.6. The van der Waals surface area contributed by atoms with Crippen molar-refractivity contribution in [3.05, 3.63) is 89.5 Å². The molecule has 5 heteroatoms. The van der Waals surface area contributed by atoms with Crippen molar-refractivity contribution in [2.45, 2.75) is 13.5 Å². The van der Waals surface area contributed by atoms with Crippen LogP contribution in [-0.2, 0) is 6.61 Å². The largest absolute Gasteiger partial charge is 0.489 e. The molecule has 0 spiro atoms. The molecule has 3 rings (SSSR count). The van der Waals surface area contributed by atoms with Crippen LogP contribution in [0.25, 0.3) is 0 Å². The maximum Gasteiger partial charge on any atom is 0.257 e. The van der Waals surface area contributed by atoms with Crippen molar-refractivity contribution in [2.24, 2.45) is 0 Å². The summed E-state index contributed by atoms with van der Waals surface area (Å²) in [6.45, 7) is 2.18. The number of carbonyl (C=O) groups is 1. The van der Waals surface area contributed by atoms with Gasteiger partial charge in [0.1, 0.15) is 18.2 Å². The maximum atomic E-state index is 12.9. The van der Waals surface area contributed by atoms with Crippen molar-refractivity contribution in [1.82, 2.24) is 4.98 Å². The molecule has 25 heavy (non-hydrogen) atoms. The summed E-state index contributed by atoms with van der Waals surface area (Å²) in [4.78, 5) is 16.3. The minimum atomic E-state index is -0.279. The molecular weight excluding hydrogens is 319 g/mol. The van der Waals surface area contributed by atoms with Gasteiger partial charge in [0.15, 0.2) is 0 Å². The van der Waals surface area contributed by atoms with Crippen LogP contribution in [0.4, 0.5) is 10.1 Å². The first-order chi connectivity index (χ1) is 12.1. The molecule has 0 atom stereocenters. The molecule has 0 aliphatic heterocycles. The highest BCUT2D eigenvalue weighted by Crippen LogP contribution is 2.19. The number of aromatic nitrogens is 1. The third-order valence-corrected chi connectivity index (χ3v) is 3.58. The Morgan fingerprint density at radius 2 is 1.92 bits per heavy atom. The van der Waals surface area contributed by atoms with Gasteiger partial charge in [0, 0.05) is 23.6 Å². The fourth-order valence-corrected chi connectivity index (χ4v) is 2.22. The summed E-state index contributed by atoms with van der Waals surface area (Å²) >= 11 is 0. The summed E-state index contributed by atoms with van der Waals surface area (Å²) in [7, 11) is 0. The molecular formula is C20H17FN2O2. The molecule has 4 nitrogen and oxygen atoms in total. The first kappa shape index (κ1) is 16.6. The van der Waals surface area contributed by atoms with E-state index in [1.165, 1.54) is 12.1 Å². The van der Waals surface area contributed by atoms with Crippen LogP contribution in [0.3, 0.4) is 0 Å². The minimum Gasteiger partial charge on any atom is -0.489 e. The number of pyridine rings is 1. The van der Waals surface area contributed by atoms with E-state index in [9.17, 15) is 9.18 Å². The van der Waals surface area contributed by atoms with E-state index in [2.05, 4.69) is 10.3 Å². The Kier molecular flexibility index (Phi) is 5.04.